The van der Waals surface area contributed by atoms with Crippen LogP contribution in [0, 0.1) is 0 Å². The van der Waals surface area contributed by atoms with Gasteiger partial charge in [-0.15, -0.1) is 11.3 Å². The molecule has 0 aromatic carbocycles. The normalized spacial score (nSPS) is 16.8. The van der Waals surface area contributed by atoms with E-state index in [0.29, 0.717) is 10.6 Å². The molecule has 6 heteroatoms. The maximum atomic E-state index is 12.6. The Morgan fingerprint density at radius 3 is 2.80 bits per heavy atom. The molecule has 1 saturated heterocycles. The average Bonchev–Trinajstić information content (AvgIpc) is 2.84. The van der Waals surface area contributed by atoms with E-state index < -0.39 is 0 Å². The number of nitrogen functional groups attached to an aromatic ring is 1. The Kier molecular flexibility index (Phi) is 3.58. The lowest BCUT2D eigenvalue weighted by atomic mass is 10.2. The Bertz CT molecular complexity index is 631. The van der Waals surface area contributed by atoms with E-state index in [4.69, 9.17) is 5.73 Å². The molecule has 5 nitrogen and oxygen atoms in total. The fourth-order valence-electron chi connectivity index (χ4n) is 2.52. The Morgan fingerprint density at radius 1 is 1.40 bits per heavy atom. The minimum absolute atomic E-state index is 0.0428. The van der Waals surface area contributed by atoms with Crippen molar-refractivity contribution in [3.63, 3.8) is 0 Å². The lowest BCUT2D eigenvalue weighted by Gasteiger charge is -2.33. The lowest BCUT2D eigenvalue weighted by Crippen LogP contribution is -2.48. The van der Waals surface area contributed by atoms with Crippen LogP contribution in [0.3, 0.4) is 0 Å². The summed E-state index contributed by atoms with van der Waals surface area (Å²) >= 11 is 1.39. The van der Waals surface area contributed by atoms with Crippen LogP contribution in [0.2, 0.25) is 0 Å². The van der Waals surface area contributed by atoms with E-state index in [1.807, 2.05) is 17.0 Å². The summed E-state index contributed by atoms with van der Waals surface area (Å²) in [7, 11) is 0. The number of aromatic nitrogens is 1. The van der Waals surface area contributed by atoms with Crippen LogP contribution in [0.5, 0.6) is 0 Å². The molecule has 1 aliphatic heterocycles. The molecule has 1 amide bonds. The van der Waals surface area contributed by atoms with Gasteiger partial charge in [-0.25, -0.2) is 4.98 Å². The number of rotatable bonds is 2. The first-order valence-corrected chi connectivity index (χ1v) is 7.67. The van der Waals surface area contributed by atoms with Crippen molar-refractivity contribution < 1.29 is 4.79 Å². The monoisotopic (exact) mass is 290 g/mol. The van der Waals surface area contributed by atoms with Gasteiger partial charge in [-0.05, 0) is 18.7 Å². The standard InChI is InChI=1S/C14H18N4OS/c1-2-17-6-8-18(9-7-17)14(19)12-11(15)10-4-3-5-16-13(10)20-12/h3-5H,2,6-9,15H2,1H3. The topological polar surface area (TPSA) is 62.5 Å². The maximum Gasteiger partial charge on any atom is 0.266 e. The Hall–Kier alpha value is -1.66. The molecule has 20 heavy (non-hydrogen) atoms. The minimum atomic E-state index is 0.0428. The van der Waals surface area contributed by atoms with Crippen LogP contribution in [0.25, 0.3) is 10.2 Å². The molecule has 1 aliphatic rings. The van der Waals surface area contributed by atoms with E-state index in [0.717, 1.165) is 42.9 Å². The van der Waals surface area contributed by atoms with E-state index in [-0.39, 0.29) is 5.91 Å². The SMILES string of the molecule is CCN1CCN(C(=O)c2sc3ncccc3c2N)CC1. The van der Waals surface area contributed by atoms with Gasteiger partial charge in [0.25, 0.3) is 5.91 Å². The number of pyridine rings is 1. The molecule has 3 rings (SSSR count). The highest BCUT2D eigenvalue weighted by Crippen LogP contribution is 2.32. The van der Waals surface area contributed by atoms with E-state index in [1.165, 1.54) is 11.3 Å². The van der Waals surface area contributed by atoms with Crippen molar-refractivity contribution >= 4 is 33.1 Å². The van der Waals surface area contributed by atoms with E-state index in [2.05, 4.69) is 16.8 Å². The van der Waals surface area contributed by atoms with Gasteiger partial charge in [0.1, 0.15) is 9.71 Å². The number of carbonyl (C=O) groups excluding carboxylic acids is 1. The molecular formula is C14H18N4OS. The van der Waals surface area contributed by atoms with Gasteiger partial charge >= 0.3 is 0 Å². The summed E-state index contributed by atoms with van der Waals surface area (Å²) in [6, 6.07) is 3.76. The van der Waals surface area contributed by atoms with Gasteiger partial charge in [-0.3, -0.25) is 4.79 Å². The largest absolute Gasteiger partial charge is 0.397 e. The number of amides is 1. The highest BCUT2D eigenvalue weighted by molar-refractivity contribution is 7.21. The number of hydrogen-bond acceptors (Lipinski definition) is 5. The number of carbonyl (C=O) groups is 1. The third-order valence-electron chi connectivity index (χ3n) is 3.81. The molecule has 0 spiro atoms. The molecule has 0 bridgehead atoms. The van der Waals surface area contributed by atoms with Gasteiger partial charge in [0.15, 0.2) is 0 Å². The van der Waals surface area contributed by atoms with Crippen molar-refractivity contribution in [3.05, 3.63) is 23.2 Å². The van der Waals surface area contributed by atoms with Crippen LogP contribution in [-0.2, 0) is 0 Å². The molecule has 106 valence electrons. The Balaban J connectivity index is 1.84. The molecule has 2 aromatic rings. The minimum Gasteiger partial charge on any atom is -0.397 e. The smallest absolute Gasteiger partial charge is 0.266 e. The van der Waals surface area contributed by atoms with Crippen molar-refractivity contribution in [2.45, 2.75) is 6.92 Å². The van der Waals surface area contributed by atoms with E-state index in [9.17, 15) is 4.79 Å². The molecule has 2 N–H and O–H groups in total. The molecule has 0 radical (unpaired) electrons. The first kappa shape index (κ1) is 13.3. The fourth-order valence-corrected chi connectivity index (χ4v) is 3.55. The number of likely N-dealkylation sites (N-methyl/N-ethyl adjacent to an activating group) is 1. The quantitative estimate of drug-likeness (QED) is 0.913. The number of thiophene rings is 1. The second kappa shape index (κ2) is 5.38. The highest BCUT2D eigenvalue weighted by atomic mass is 32.1. The zero-order valence-electron chi connectivity index (χ0n) is 11.5. The third-order valence-corrected chi connectivity index (χ3v) is 4.92. The van der Waals surface area contributed by atoms with Crippen molar-refractivity contribution in [3.8, 4) is 0 Å². The van der Waals surface area contributed by atoms with E-state index >= 15 is 0 Å². The summed E-state index contributed by atoms with van der Waals surface area (Å²) in [6.45, 7) is 6.60. The summed E-state index contributed by atoms with van der Waals surface area (Å²) in [6.07, 6.45) is 1.73. The van der Waals surface area contributed by atoms with Gasteiger partial charge in [-0.1, -0.05) is 6.92 Å². The fraction of sp³-hybridized carbons (Fsp3) is 0.429. The van der Waals surface area contributed by atoms with Crippen LogP contribution in [-0.4, -0.2) is 53.4 Å². The number of hydrogen-bond donors (Lipinski definition) is 1. The number of fused-ring (bicyclic) bond motifs is 1. The third kappa shape index (κ3) is 2.25. The second-order valence-electron chi connectivity index (χ2n) is 4.93. The van der Waals surface area contributed by atoms with Gasteiger partial charge < -0.3 is 15.5 Å². The number of nitrogens with zero attached hydrogens (tertiary/aromatic N) is 3. The molecule has 3 heterocycles. The summed E-state index contributed by atoms with van der Waals surface area (Å²) in [5, 5.41) is 0.882. The zero-order valence-corrected chi connectivity index (χ0v) is 12.3. The molecule has 0 aliphatic carbocycles. The summed E-state index contributed by atoms with van der Waals surface area (Å²) in [4.78, 5) is 22.6. The number of nitrogens with two attached hydrogens (primary N) is 1. The summed E-state index contributed by atoms with van der Waals surface area (Å²) < 4.78 is 0. The Labute approximate surface area is 122 Å². The predicted molar refractivity (Wildman–Crippen MR) is 82.0 cm³/mol. The van der Waals surface area contributed by atoms with Crippen LogP contribution in [0.4, 0.5) is 5.69 Å². The second-order valence-corrected chi connectivity index (χ2v) is 5.93. The molecule has 1 fully saturated rings. The average molecular weight is 290 g/mol. The molecular weight excluding hydrogens is 272 g/mol. The highest BCUT2D eigenvalue weighted by Gasteiger charge is 2.25. The van der Waals surface area contributed by atoms with Gasteiger partial charge in [-0.2, -0.15) is 0 Å². The number of piperazine rings is 1. The molecule has 0 unspecified atom stereocenters. The zero-order chi connectivity index (χ0) is 14.1. The van der Waals surface area contributed by atoms with Crippen molar-refractivity contribution in [1.29, 1.82) is 0 Å². The van der Waals surface area contributed by atoms with Gasteiger partial charge in [0.05, 0.1) is 5.69 Å². The predicted octanol–water partition coefficient (Wildman–Crippen LogP) is 1.66. The van der Waals surface area contributed by atoms with Crippen LogP contribution in [0.1, 0.15) is 16.6 Å². The molecule has 0 saturated carbocycles. The lowest BCUT2D eigenvalue weighted by molar-refractivity contribution is 0.0649. The maximum absolute atomic E-state index is 12.6. The van der Waals surface area contributed by atoms with Gasteiger partial charge in [0, 0.05) is 37.8 Å². The first-order valence-electron chi connectivity index (χ1n) is 6.85. The van der Waals surface area contributed by atoms with Crippen molar-refractivity contribution in [2.24, 2.45) is 0 Å². The van der Waals surface area contributed by atoms with Gasteiger partial charge in [0.2, 0.25) is 0 Å². The number of anilines is 1. The van der Waals surface area contributed by atoms with E-state index in [1.54, 1.807) is 6.20 Å². The Morgan fingerprint density at radius 2 is 2.15 bits per heavy atom. The first-order chi connectivity index (χ1) is 9.70. The van der Waals surface area contributed by atoms with Crippen LogP contribution in [0.15, 0.2) is 18.3 Å². The van der Waals surface area contributed by atoms with Crippen LogP contribution < -0.4 is 5.73 Å². The van der Waals surface area contributed by atoms with Crippen molar-refractivity contribution in [1.82, 2.24) is 14.8 Å². The molecule has 0 atom stereocenters. The van der Waals surface area contributed by atoms with Crippen LogP contribution >= 0.6 is 11.3 Å². The summed E-state index contributed by atoms with van der Waals surface area (Å²) in [5.74, 6) is 0.0428. The summed E-state index contributed by atoms with van der Waals surface area (Å²) in [5.41, 5.74) is 6.68. The van der Waals surface area contributed by atoms with Crippen molar-refractivity contribution in [2.75, 3.05) is 38.5 Å². The molecule has 2 aromatic heterocycles.